The molecule has 1 aliphatic carbocycles. The highest BCUT2D eigenvalue weighted by molar-refractivity contribution is 6.14. The van der Waals surface area contributed by atoms with Crippen LogP contribution in [-0.4, -0.2) is 0 Å². The summed E-state index contributed by atoms with van der Waals surface area (Å²) in [5, 5.41) is 5.04. The van der Waals surface area contributed by atoms with E-state index in [0.29, 0.717) is 0 Å². The van der Waals surface area contributed by atoms with E-state index in [-0.39, 0.29) is 0 Å². The van der Waals surface area contributed by atoms with Gasteiger partial charge in [-0.25, -0.2) is 0 Å². The first kappa shape index (κ1) is 29.2. The Morgan fingerprint density at radius 2 is 0.686 bits per heavy atom. The zero-order valence-electron chi connectivity index (χ0n) is 28.0. The smallest absolute Gasteiger partial charge is 0.0540 e. The van der Waals surface area contributed by atoms with Crippen molar-refractivity contribution in [3.8, 4) is 55.6 Å². The van der Waals surface area contributed by atoms with Gasteiger partial charge in [0.1, 0.15) is 0 Å². The Bertz CT molecular complexity index is 2710. The van der Waals surface area contributed by atoms with Crippen molar-refractivity contribution >= 4 is 38.6 Å². The summed E-state index contributed by atoms with van der Waals surface area (Å²) in [5.41, 5.74) is 16.0. The highest BCUT2D eigenvalue weighted by Gasteiger charge is 2.25. The molecule has 1 heteroatoms. The molecule has 238 valence electrons. The van der Waals surface area contributed by atoms with E-state index in [1.54, 1.807) is 0 Å². The molecule has 0 atom stereocenters. The predicted octanol–water partition coefficient (Wildman–Crippen LogP) is 14.1. The van der Waals surface area contributed by atoms with Crippen LogP contribution in [0.3, 0.4) is 0 Å². The highest BCUT2D eigenvalue weighted by atomic mass is 15.1. The fourth-order valence-electron chi connectivity index (χ4n) is 7.74. The molecular formula is C50H33N. The number of rotatable bonds is 6. The average molecular weight is 648 g/mol. The minimum Gasteiger partial charge on any atom is -0.310 e. The van der Waals surface area contributed by atoms with Gasteiger partial charge in [-0.15, -0.1) is 0 Å². The van der Waals surface area contributed by atoms with Crippen molar-refractivity contribution in [3.63, 3.8) is 0 Å². The monoisotopic (exact) mass is 647 g/mol. The summed E-state index contributed by atoms with van der Waals surface area (Å²) in [6, 6.07) is 72.9. The molecule has 0 saturated carbocycles. The number of anilines is 3. The molecule has 1 nitrogen and oxygen atoms in total. The molecular weight excluding hydrogens is 615 g/mol. The van der Waals surface area contributed by atoms with Crippen LogP contribution in [0.2, 0.25) is 0 Å². The lowest BCUT2D eigenvalue weighted by Gasteiger charge is -2.30. The van der Waals surface area contributed by atoms with Crippen LogP contribution in [-0.2, 0) is 0 Å². The van der Waals surface area contributed by atoms with Gasteiger partial charge in [-0.05, 0) is 126 Å². The van der Waals surface area contributed by atoms with Crippen LogP contribution in [0.15, 0.2) is 200 Å². The van der Waals surface area contributed by atoms with E-state index >= 15 is 0 Å². The molecule has 0 aromatic heterocycles. The van der Waals surface area contributed by atoms with E-state index in [0.717, 1.165) is 17.1 Å². The SMILES string of the molecule is c1ccc(-c2ccc(-c3cccc(N(c4ccc(-c5ccccc5)cc4)c4cccc5cc6c(cc45)-c4cc5ccccc5cc4-6)c3)cc2)cc1. The van der Waals surface area contributed by atoms with Crippen molar-refractivity contribution in [1.82, 2.24) is 0 Å². The van der Waals surface area contributed by atoms with Crippen molar-refractivity contribution in [1.29, 1.82) is 0 Å². The predicted molar refractivity (Wildman–Crippen MR) is 217 cm³/mol. The Morgan fingerprint density at radius 1 is 0.255 bits per heavy atom. The Balaban J connectivity index is 1.11. The third-order valence-electron chi connectivity index (χ3n) is 10.4. The number of hydrogen-bond donors (Lipinski definition) is 0. The largest absolute Gasteiger partial charge is 0.310 e. The molecule has 0 unspecified atom stereocenters. The minimum atomic E-state index is 1.12. The van der Waals surface area contributed by atoms with Gasteiger partial charge in [0, 0.05) is 16.8 Å². The van der Waals surface area contributed by atoms with Gasteiger partial charge in [0.2, 0.25) is 0 Å². The first-order valence-corrected chi connectivity index (χ1v) is 17.6. The maximum Gasteiger partial charge on any atom is 0.0540 e. The van der Waals surface area contributed by atoms with Gasteiger partial charge in [0.25, 0.3) is 0 Å². The summed E-state index contributed by atoms with van der Waals surface area (Å²) in [5.74, 6) is 0. The van der Waals surface area contributed by atoms with Gasteiger partial charge in [-0.3, -0.25) is 0 Å². The number of benzene rings is 9. The molecule has 0 fully saturated rings. The van der Waals surface area contributed by atoms with Crippen LogP contribution >= 0.6 is 0 Å². The highest BCUT2D eigenvalue weighted by Crippen LogP contribution is 2.52. The lowest BCUT2D eigenvalue weighted by atomic mass is 9.78. The lowest BCUT2D eigenvalue weighted by Crippen LogP contribution is -2.11. The van der Waals surface area contributed by atoms with E-state index in [1.807, 2.05) is 0 Å². The van der Waals surface area contributed by atoms with Crippen molar-refractivity contribution < 1.29 is 0 Å². The summed E-state index contributed by atoms with van der Waals surface area (Å²) in [6.07, 6.45) is 0. The molecule has 0 spiro atoms. The summed E-state index contributed by atoms with van der Waals surface area (Å²) in [6.45, 7) is 0. The van der Waals surface area contributed by atoms with Gasteiger partial charge < -0.3 is 4.90 Å². The van der Waals surface area contributed by atoms with E-state index in [1.165, 1.54) is 77.2 Å². The van der Waals surface area contributed by atoms with E-state index in [9.17, 15) is 0 Å². The second-order valence-electron chi connectivity index (χ2n) is 13.4. The third-order valence-corrected chi connectivity index (χ3v) is 10.4. The summed E-state index contributed by atoms with van der Waals surface area (Å²) in [7, 11) is 0. The Morgan fingerprint density at radius 3 is 1.29 bits per heavy atom. The van der Waals surface area contributed by atoms with Crippen LogP contribution in [0.25, 0.3) is 77.2 Å². The van der Waals surface area contributed by atoms with Gasteiger partial charge in [0.05, 0.1) is 5.69 Å². The molecule has 0 saturated heterocycles. The number of hydrogen-bond acceptors (Lipinski definition) is 1. The van der Waals surface area contributed by atoms with Crippen LogP contribution in [0.5, 0.6) is 0 Å². The zero-order valence-corrected chi connectivity index (χ0v) is 28.0. The van der Waals surface area contributed by atoms with Gasteiger partial charge in [-0.1, -0.05) is 146 Å². The quantitative estimate of drug-likeness (QED) is 0.174. The lowest BCUT2D eigenvalue weighted by molar-refractivity contribution is 1.30. The molecule has 0 N–H and O–H groups in total. The Kier molecular flexibility index (Phi) is 6.89. The molecule has 1 aliphatic rings. The van der Waals surface area contributed by atoms with E-state index < -0.39 is 0 Å². The number of nitrogens with zero attached hydrogens (tertiary/aromatic N) is 1. The Hall–Kier alpha value is -6.70. The van der Waals surface area contributed by atoms with Crippen molar-refractivity contribution in [3.05, 3.63) is 200 Å². The molecule has 51 heavy (non-hydrogen) atoms. The van der Waals surface area contributed by atoms with Gasteiger partial charge in [-0.2, -0.15) is 0 Å². The first-order valence-electron chi connectivity index (χ1n) is 17.6. The molecule has 0 heterocycles. The first-order chi connectivity index (χ1) is 25.3. The molecule has 0 bridgehead atoms. The van der Waals surface area contributed by atoms with E-state index in [4.69, 9.17) is 0 Å². The molecule has 9 aromatic rings. The number of fused-ring (bicyclic) bond motifs is 6. The maximum absolute atomic E-state index is 2.42. The third kappa shape index (κ3) is 5.10. The topological polar surface area (TPSA) is 3.24 Å². The fourth-order valence-corrected chi connectivity index (χ4v) is 7.74. The van der Waals surface area contributed by atoms with Gasteiger partial charge in [0.15, 0.2) is 0 Å². The van der Waals surface area contributed by atoms with Crippen LogP contribution < -0.4 is 4.90 Å². The zero-order chi connectivity index (χ0) is 33.7. The van der Waals surface area contributed by atoms with Gasteiger partial charge >= 0.3 is 0 Å². The Labute approximate surface area is 298 Å². The molecule has 0 aliphatic heterocycles. The minimum absolute atomic E-state index is 1.12. The van der Waals surface area contributed by atoms with Crippen LogP contribution in [0.1, 0.15) is 0 Å². The second-order valence-corrected chi connectivity index (χ2v) is 13.4. The summed E-state index contributed by atoms with van der Waals surface area (Å²) in [4.78, 5) is 2.42. The molecule has 0 amide bonds. The van der Waals surface area contributed by atoms with E-state index in [2.05, 4.69) is 205 Å². The van der Waals surface area contributed by atoms with Crippen molar-refractivity contribution in [2.45, 2.75) is 0 Å². The molecule has 0 radical (unpaired) electrons. The summed E-state index contributed by atoms with van der Waals surface area (Å²) < 4.78 is 0. The average Bonchev–Trinajstić information content (AvgIpc) is 3.21. The summed E-state index contributed by atoms with van der Waals surface area (Å²) >= 11 is 0. The molecule has 10 rings (SSSR count). The van der Waals surface area contributed by atoms with Crippen molar-refractivity contribution in [2.75, 3.05) is 4.90 Å². The molecule has 9 aromatic carbocycles. The fraction of sp³-hybridized carbons (Fsp3) is 0. The standard InChI is InChI=1S/C50H33N/c1-3-11-34(12-4-1)36-21-23-38(24-22-36)39-17-9-19-44(29-39)51(43-27-25-37(26-28-43)35-13-5-2-6-14-35)50-20-10-18-42-32-48-46-30-40-15-7-8-16-41(40)31-47(46)49(48)33-45(42)50/h1-33H. The van der Waals surface area contributed by atoms with Crippen LogP contribution in [0.4, 0.5) is 17.1 Å². The van der Waals surface area contributed by atoms with Crippen LogP contribution in [0, 0.1) is 0 Å². The maximum atomic E-state index is 2.42. The van der Waals surface area contributed by atoms with Crippen molar-refractivity contribution in [2.24, 2.45) is 0 Å². The normalized spacial score (nSPS) is 11.5. The second kappa shape index (κ2) is 12.0.